The average molecular weight is 462 g/mol. The van der Waals surface area contributed by atoms with Crippen LogP contribution in [0.4, 0.5) is 11.5 Å². The highest BCUT2D eigenvalue weighted by Gasteiger charge is 2.32. The van der Waals surface area contributed by atoms with Crippen molar-refractivity contribution in [3.8, 4) is 0 Å². The molecule has 4 rings (SSSR count). The number of carbonyl (C=O) groups excluding carboxylic acids is 1. The van der Waals surface area contributed by atoms with Crippen LogP contribution in [0.5, 0.6) is 0 Å². The third-order valence-corrected chi connectivity index (χ3v) is 6.19. The van der Waals surface area contributed by atoms with Crippen molar-refractivity contribution in [3.63, 3.8) is 0 Å². The number of amides is 1. The number of aromatic amines is 1. The second kappa shape index (κ2) is 10.1. The van der Waals surface area contributed by atoms with Crippen molar-refractivity contribution in [1.29, 1.82) is 0 Å². The minimum atomic E-state index is -0.654. The summed E-state index contributed by atoms with van der Waals surface area (Å²) in [6.07, 6.45) is 2.10. The van der Waals surface area contributed by atoms with Gasteiger partial charge in [0.15, 0.2) is 5.69 Å². The van der Waals surface area contributed by atoms with E-state index in [0.29, 0.717) is 12.6 Å². The Hall–Kier alpha value is -3.65. The maximum absolute atomic E-state index is 13.4. The maximum Gasteiger partial charge on any atom is 0.330 e. The second-order valence-corrected chi connectivity index (χ2v) is 8.82. The van der Waals surface area contributed by atoms with E-state index < -0.39 is 11.2 Å². The number of likely N-dealkylation sites (N-methyl/N-ethyl adjacent to an activating group) is 1. The van der Waals surface area contributed by atoms with Crippen LogP contribution in [0.1, 0.15) is 36.5 Å². The second-order valence-electron chi connectivity index (χ2n) is 8.82. The standard InChI is InChI=1S/C26H31N5O3/c1-3-30(22(32)17-29(21-13-14-21)15-20-11-9-18(2)10-12-20)23-24(27)31(26(34)28-25(23)33)16-19-7-5-4-6-8-19/h4-12,21H,3,13-17,27H2,1-2H3,(H,28,33,34). The van der Waals surface area contributed by atoms with E-state index in [4.69, 9.17) is 5.73 Å². The average Bonchev–Trinajstić information content (AvgIpc) is 3.66. The van der Waals surface area contributed by atoms with Crippen LogP contribution in [0, 0.1) is 6.92 Å². The van der Waals surface area contributed by atoms with Crippen molar-refractivity contribution >= 4 is 17.4 Å². The summed E-state index contributed by atoms with van der Waals surface area (Å²) >= 11 is 0. The van der Waals surface area contributed by atoms with Crippen LogP contribution in [-0.2, 0) is 17.9 Å². The number of H-pyrrole nitrogens is 1. The zero-order valence-electron chi connectivity index (χ0n) is 19.7. The lowest BCUT2D eigenvalue weighted by molar-refractivity contribution is -0.120. The predicted molar refractivity (Wildman–Crippen MR) is 134 cm³/mol. The predicted octanol–water partition coefficient (Wildman–Crippen LogP) is 2.49. The number of rotatable bonds is 9. The minimum Gasteiger partial charge on any atom is -0.383 e. The molecule has 8 nitrogen and oxygen atoms in total. The minimum absolute atomic E-state index is 0.00990. The summed E-state index contributed by atoms with van der Waals surface area (Å²) in [6.45, 7) is 5.13. The van der Waals surface area contributed by atoms with Gasteiger partial charge in [0.1, 0.15) is 5.82 Å². The lowest BCUT2D eigenvalue weighted by Gasteiger charge is -2.27. The molecule has 2 aromatic carbocycles. The fourth-order valence-electron chi connectivity index (χ4n) is 4.16. The number of carbonyl (C=O) groups is 1. The highest BCUT2D eigenvalue weighted by molar-refractivity contribution is 5.96. The quantitative estimate of drug-likeness (QED) is 0.510. The molecule has 0 aliphatic heterocycles. The highest BCUT2D eigenvalue weighted by atomic mass is 16.2. The van der Waals surface area contributed by atoms with Gasteiger partial charge in [-0.3, -0.25) is 24.0 Å². The zero-order valence-corrected chi connectivity index (χ0v) is 19.7. The molecule has 0 spiro atoms. The first-order valence-corrected chi connectivity index (χ1v) is 11.6. The number of anilines is 2. The van der Waals surface area contributed by atoms with E-state index in [2.05, 4.69) is 34.1 Å². The van der Waals surface area contributed by atoms with Crippen molar-refractivity contribution in [2.24, 2.45) is 0 Å². The number of aromatic nitrogens is 2. The molecule has 1 amide bonds. The number of nitrogens with one attached hydrogen (secondary N) is 1. The SMILES string of the molecule is CCN(C(=O)CN(Cc1ccc(C)cc1)C1CC1)c1c(N)n(Cc2ccccc2)c(=O)[nH]c1=O. The Morgan fingerprint density at radius 2 is 1.74 bits per heavy atom. The fourth-order valence-corrected chi connectivity index (χ4v) is 4.16. The molecule has 178 valence electrons. The third kappa shape index (κ3) is 5.28. The Kier molecular flexibility index (Phi) is 6.98. The number of benzene rings is 2. The van der Waals surface area contributed by atoms with Gasteiger partial charge >= 0.3 is 5.69 Å². The van der Waals surface area contributed by atoms with Crippen molar-refractivity contribution in [1.82, 2.24) is 14.5 Å². The van der Waals surface area contributed by atoms with Crippen LogP contribution in [-0.4, -0.2) is 39.5 Å². The van der Waals surface area contributed by atoms with Crippen molar-refractivity contribution in [3.05, 3.63) is 92.1 Å². The number of nitrogen functional groups attached to an aromatic ring is 1. The topological polar surface area (TPSA) is 104 Å². The van der Waals surface area contributed by atoms with Gasteiger partial charge in [-0.2, -0.15) is 0 Å². The van der Waals surface area contributed by atoms with Crippen LogP contribution >= 0.6 is 0 Å². The van der Waals surface area contributed by atoms with Crippen LogP contribution in [0.15, 0.2) is 64.2 Å². The molecule has 0 unspecified atom stereocenters. The zero-order chi connectivity index (χ0) is 24.2. The monoisotopic (exact) mass is 461 g/mol. The van der Waals surface area contributed by atoms with Gasteiger partial charge in [0, 0.05) is 19.1 Å². The van der Waals surface area contributed by atoms with E-state index >= 15 is 0 Å². The number of aryl methyl sites for hydroxylation is 1. The Morgan fingerprint density at radius 1 is 1.06 bits per heavy atom. The first-order valence-electron chi connectivity index (χ1n) is 11.6. The van der Waals surface area contributed by atoms with Gasteiger partial charge in [0.05, 0.1) is 13.1 Å². The normalized spacial score (nSPS) is 13.3. The van der Waals surface area contributed by atoms with E-state index in [9.17, 15) is 14.4 Å². The van der Waals surface area contributed by atoms with Crippen LogP contribution in [0.2, 0.25) is 0 Å². The first-order chi connectivity index (χ1) is 16.4. The molecule has 0 bridgehead atoms. The highest BCUT2D eigenvalue weighted by Crippen LogP contribution is 2.29. The molecule has 1 aliphatic rings. The van der Waals surface area contributed by atoms with Gasteiger partial charge in [0.25, 0.3) is 5.56 Å². The van der Waals surface area contributed by atoms with E-state index in [1.54, 1.807) is 6.92 Å². The number of hydrogen-bond donors (Lipinski definition) is 2. The molecule has 3 aromatic rings. The van der Waals surface area contributed by atoms with Crippen LogP contribution < -0.4 is 21.9 Å². The molecule has 1 aromatic heterocycles. The Labute approximate surface area is 198 Å². The van der Waals surface area contributed by atoms with Crippen LogP contribution in [0.3, 0.4) is 0 Å². The Balaban J connectivity index is 1.59. The Morgan fingerprint density at radius 3 is 2.35 bits per heavy atom. The summed E-state index contributed by atoms with van der Waals surface area (Å²) in [5, 5.41) is 0. The summed E-state index contributed by atoms with van der Waals surface area (Å²) in [7, 11) is 0. The molecule has 0 atom stereocenters. The molecule has 1 aliphatic carbocycles. The Bertz CT molecular complexity index is 1260. The summed E-state index contributed by atoms with van der Waals surface area (Å²) in [4.78, 5) is 44.6. The lowest BCUT2D eigenvalue weighted by atomic mass is 10.1. The molecule has 0 saturated heterocycles. The van der Waals surface area contributed by atoms with Gasteiger partial charge in [0.2, 0.25) is 5.91 Å². The van der Waals surface area contributed by atoms with Crippen molar-refractivity contribution in [2.45, 2.75) is 45.8 Å². The lowest BCUT2D eigenvalue weighted by Crippen LogP contribution is -2.45. The van der Waals surface area contributed by atoms with Gasteiger partial charge in [-0.15, -0.1) is 0 Å². The number of nitrogens with two attached hydrogens (primary N) is 1. The first kappa shape index (κ1) is 23.5. The van der Waals surface area contributed by atoms with Gasteiger partial charge < -0.3 is 10.6 Å². The van der Waals surface area contributed by atoms with Gasteiger partial charge in [-0.25, -0.2) is 4.79 Å². The van der Waals surface area contributed by atoms with Gasteiger partial charge in [-0.1, -0.05) is 60.2 Å². The summed E-state index contributed by atoms with van der Waals surface area (Å²) in [5.41, 5.74) is 8.29. The maximum atomic E-state index is 13.4. The molecule has 8 heteroatoms. The van der Waals surface area contributed by atoms with Crippen molar-refractivity contribution in [2.75, 3.05) is 23.7 Å². The summed E-state index contributed by atoms with van der Waals surface area (Å²) in [5.74, 6) is -0.229. The van der Waals surface area contributed by atoms with Crippen LogP contribution in [0.25, 0.3) is 0 Å². The van der Waals surface area contributed by atoms with E-state index in [1.165, 1.54) is 15.0 Å². The van der Waals surface area contributed by atoms with Crippen molar-refractivity contribution < 1.29 is 4.79 Å². The van der Waals surface area contributed by atoms with E-state index in [1.807, 2.05) is 37.3 Å². The number of hydrogen-bond acceptors (Lipinski definition) is 5. The smallest absolute Gasteiger partial charge is 0.330 e. The fraction of sp³-hybridized carbons (Fsp3) is 0.346. The number of nitrogens with zero attached hydrogens (tertiary/aromatic N) is 3. The molecule has 34 heavy (non-hydrogen) atoms. The molecule has 1 fully saturated rings. The third-order valence-electron chi connectivity index (χ3n) is 6.19. The molecular formula is C26H31N5O3. The largest absolute Gasteiger partial charge is 0.383 e. The molecule has 3 N–H and O–H groups in total. The molecule has 1 saturated carbocycles. The van der Waals surface area contributed by atoms with Gasteiger partial charge in [-0.05, 0) is 37.8 Å². The summed E-state index contributed by atoms with van der Waals surface area (Å²) < 4.78 is 1.30. The molecular weight excluding hydrogens is 430 g/mol. The molecule has 0 radical (unpaired) electrons. The van der Waals surface area contributed by atoms with E-state index in [-0.39, 0.29) is 37.0 Å². The molecule has 1 heterocycles. The summed E-state index contributed by atoms with van der Waals surface area (Å²) in [6, 6.07) is 18.0. The van der Waals surface area contributed by atoms with E-state index in [0.717, 1.165) is 24.0 Å².